The highest BCUT2D eigenvalue weighted by atomic mass is 79.9. The first-order valence-corrected chi connectivity index (χ1v) is 5.43. The van der Waals surface area contributed by atoms with Gasteiger partial charge in [0.1, 0.15) is 0 Å². The lowest BCUT2D eigenvalue weighted by Gasteiger charge is -2.00. The molecular weight excluding hydrogens is 240 g/mol. The lowest BCUT2D eigenvalue weighted by atomic mass is 10.0. The molecule has 14 heavy (non-hydrogen) atoms. The Bertz CT molecular complexity index is 410. The van der Waals surface area contributed by atoms with Crippen LogP contribution in [0.4, 0.5) is 0 Å². The predicted molar refractivity (Wildman–Crippen MR) is 61.9 cm³/mol. The van der Waals surface area contributed by atoms with Crippen LogP contribution in [0.5, 0.6) is 0 Å². The number of hydrogen-bond acceptors (Lipinski definition) is 1. The third kappa shape index (κ3) is 2.71. The minimum absolute atomic E-state index is 0.0758. The van der Waals surface area contributed by atoms with E-state index in [9.17, 15) is 4.79 Å². The lowest BCUT2D eigenvalue weighted by Crippen LogP contribution is -1.94. The van der Waals surface area contributed by atoms with Crippen molar-refractivity contribution in [3.63, 3.8) is 0 Å². The van der Waals surface area contributed by atoms with Crippen LogP contribution in [0.3, 0.4) is 0 Å². The fourth-order valence-electron chi connectivity index (χ4n) is 1.10. The Morgan fingerprint density at radius 3 is 2.79 bits per heavy atom. The van der Waals surface area contributed by atoms with Crippen LogP contribution in [0.15, 0.2) is 18.2 Å². The molecule has 1 nitrogen and oxygen atoms in total. The van der Waals surface area contributed by atoms with E-state index in [1.165, 1.54) is 0 Å². The number of carbonyl (C=O) groups is 1. The van der Waals surface area contributed by atoms with Gasteiger partial charge in [0.25, 0.3) is 0 Å². The Hall–Kier alpha value is -1.07. The van der Waals surface area contributed by atoms with Crippen molar-refractivity contribution in [3.8, 4) is 11.8 Å². The second kappa shape index (κ2) is 4.97. The number of rotatable bonds is 1. The van der Waals surface area contributed by atoms with Crippen LogP contribution in [0.2, 0.25) is 0 Å². The van der Waals surface area contributed by atoms with Crippen molar-refractivity contribution in [2.45, 2.75) is 13.8 Å². The van der Waals surface area contributed by atoms with Gasteiger partial charge in [0, 0.05) is 11.1 Å². The van der Waals surface area contributed by atoms with Crippen LogP contribution in [-0.4, -0.2) is 11.1 Å². The van der Waals surface area contributed by atoms with E-state index in [-0.39, 0.29) is 5.78 Å². The van der Waals surface area contributed by atoms with Gasteiger partial charge in [-0.25, -0.2) is 0 Å². The zero-order valence-electron chi connectivity index (χ0n) is 8.23. The van der Waals surface area contributed by atoms with Crippen LogP contribution in [0.25, 0.3) is 0 Å². The number of carbonyl (C=O) groups excluding carboxylic acids is 1. The summed E-state index contributed by atoms with van der Waals surface area (Å²) in [4.78, 5) is 11.1. The van der Waals surface area contributed by atoms with E-state index in [0.717, 1.165) is 16.7 Å². The summed E-state index contributed by atoms with van der Waals surface area (Å²) in [5.41, 5.74) is 2.75. The summed E-state index contributed by atoms with van der Waals surface area (Å²) < 4.78 is 0. The van der Waals surface area contributed by atoms with Crippen molar-refractivity contribution in [2.24, 2.45) is 0 Å². The number of benzene rings is 1. The molecule has 0 saturated heterocycles. The van der Waals surface area contributed by atoms with E-state index in [0.29, 0.717) is 5.33 Å². The van der Waals surface area contributed by atoms with E-state index in [2.05, 4.69) is 27.8 Å². The molecule has 1 aromatic carbocycles. The summed E-state index contributed by atoms with van der Waals surface area (Å²) in [6, 6.07) is 5.60. The average Bonchev–Trinajstić information content (AvgIpc) is 2.16. The molecule has 0 spiro atoms. The minimum atomic E-state index is 0.0758. The number of aryl methyl sites for hydroxylation is 1. The number of alkyl halides is 1. The third-order valence-corrected chi connectivity index (χ3v) is 2.21. The minimum Gasteiger partial charge on any atom is -0.295 e. The standard InChI is InChI=1S/C12H11BrO/c1-9-5-6-12(10(2)14)8-11(9)4-3-7-13/h5-6,8H,7H2,1-2H3. The maximum atomic E-state index is 11.1. The first-order valence-electron chi connectivity index (χ1n) is 4.31. The van der Waals surface area contributed by atoms with E-state index in [4.69, 9.17) is 0 Å². The molecule has 0 N–H and O–H groups in total. The summed E-state index contributed by atoms with van der Waals surface area (Å²) in [6.07, 6.45) is 0. The Morgan fingerprint density at radius 2 is 2.21 bits per heavy atom. The Balaban J connectivity index is 3.14. The fourth-order valence-corrected chi connectivity index (χ4v) is 1.24. The van der Waals surface area contributed by atoms with Crippen LogP contribution in [0.1, 0.15) is 28.4 Å². The molecule has 1 aromatic rings. The summed E-state index contributed by atoms with van der Waals surface area (Å²) in [7, 11) is 0. The topological polar surface area (TPSA) is 17.1 Å². The summed E-state index contributed by atoms with van der Waals surface area (Å²) in [5.74, 6) is 6.01. The lowest BCUT2D eigenvalue weighted by molar-refractivity contribution is 0.101. The Labute approximate surface area is 92.6 Å². The largest absolute Gasteiger partial charge is 0.295 e. The smallest absolute Gasteiger partial charge is 0.159 e. The highest BCUT2D eigenvalue weighted by molar-refractivity contribution is 9.09. The Kier molecular flexibility index (Phi) is 3.91. The SMILES string of the molecule is CC(=O)c1ccc(C)c(C#CCBr)c1. The Morgan fingerprint density at radius 1 is 1.50 bits per heavy atom. The molecule has 0 radical (unpaired) electrons. The van der Waals surface area contributed by atoms with Crippen LogP contribution in [-0.2, 0) is 0 Å². The molecule has 0 aliphatic heterocycles. The van der Waals surface area contributed by atoms with Gasteiger partial charge >= 0.3 is 0 Å². The van der Waals surface area contributed by atoms with Gasteiger partial charge in [-0.05, 0) is 25.5 Å². The van der Waals surface area contributed by atoms with Gasteiger partial charge in [-0.3, -0.25) is 4.79 Å². The van der Waals surface area contributed by atoms with Crippen molar-refractivity contribution in [1.29, 1.82) is 0 Å². The van der Waals surface area contributed by atoms with Gasteiger partial charge in [-0.1, -0.05) is 39.9 Å². The van der Waals surface area contributed by atoms with E-state index < -0.39 is 0 Å². The van der Waals surface area contributed by atoms with Gasteiger partial charge in [-0.2, -0.15) is 0 Å². The van der Waals surface area contributed by atoms with E-state index in [1.807, 2.05) is 25.1 Å². The second-order valence-corrected chi connectivity index (χ2v) is 3.58. The molecule has 0 heterocycles. The molecular formula is C12H11BrO. The predicted octanol–water partition coefficient (Wildman–Crippen LogP) is 2.94. The molecule has 0 aromatic heterocycles. The number of ketones is 1. The van der Waals surface area contributed by atoms with Crippen LogP contribution < -0.4 is 0 Å². The summed E-state index contributed by atoms with van der Waals surface area (Å²) in [6.45, 7) is 3.55. The molecule has 1 rings (SSSR count). The van der Waals surface area contributed by atoms with E-state index in [1.54, 1.807) is 6.92 Å². The molecule has 0 unspecified atom stereocenters. The molecule has 0 atom stereocenters. The number of halogens is 1. The molecule has 0 bridgehead atoms. The van der Waals surface area contributed by atoms with Crippen LogP contribution >= 0.6 is 15.9 Å². The van der Waals surface area contributed by atoms with Gasteiger partial charge < -0.3 is 0 Å². The molecule has 72 valence electrons. The second-order valence-electron chi connectivity index (χ2n) is 3.02. The summed E-state index contributed by atoms with van der Waals surface area (Å²) in [5, 5.41) is 0.650. The maximum Gasteiger partial charge on any atom is 0.159 e. The maximum absolute atomic E-state index is 11.1. The molecule has 0 amide bonds. The van der Waals surface area contributed by atoms with Crippen molar-refractivity contribution in [1.82, 2.24) is 0 Å². The van der Waals surface area contributed by atoms with Crippen molar-refractivity contribution < 1.29 is 4.79 Å². The molecule has 2 heteroatoms. The first kappa shape index (κ1) is 11.0. The van der Waals surface area contributed by atoms with Gasteiger partial charge in [0.15, 0.2) is 5.78 Å². The van der Waals surface area contributed by atoms with Gasteiger partial charge in [0.2, 0.25) is 0 Å². The van der Waals surface area contributed by atoms with Gasteiger partial charge in [0.05, 0.1) is 5.33 Å². The van der Waals surface area contributed by atoms with E-state index >= 15 is 0 Å². The zero-order chi connectivity index (χ0) is 10.6. The summed E-state index contributed by atoms with van der Waals surface area (Å²) >= 11 is 3.24. The number of Topliss-reactive ketones (excluding diaryl/α,β-unsaturated/α-hetero) is 1. The van der Waals surface area contributed by atoms with Crippen molar-refractivity contribution >= 4 is 21.7 Å². The highest BCUT2D eigenvalue weighted by Crippen LogP contribution is 2.10. The van der Waals surface area contributed by atoms with Gasteiger partial charge in [-0.15, -0.1) is 0 Å². The van der Waals surface area contributed by atoms with Crippen molar-refractivity contribution in [3.05, 3.63) is 34.9 Å². The quantitative estimate of drug-likeness (QED) is 0.426. The normalized spacial score (nSPS) is 9.07. The van der Waals surface area contributed by atoms with Crippen molar-refractivity contribution in [2.75, 3.05) is 5.33 Å². The molecule has 0 aliphatic carbocycles. The first-order chi connectivity index (χ1) is 6.65. The fraction of sp³-hybridized carbons (Fsp3) is 0.250. The molecule has 0 aliphatic rings. The zero-order valence-corrected chi connectivity index (χ0v) is 9.81. The molecule has 0 saturated carbocycles. The number of hydrogen-bond donors (Lipinski definition) is 0. The molecule has 0 fully saturated rings. The monoisotopic (exact) mass is 250 g/mol. The van der Waals surface area contributed by atoms with Crippen LogP contribution in [0, 0.1) is 18.8 Å². The highest BCUT2D eigenvalue weighted by Gasteiger charge is 2.01. The average molecular weight is 251 g/mol. The third-order valence-electron chi connectivity index (χ3n) is 1.93.